The average Bonchev–Trinajstić information content (AvgIpc) is 3.62. The molecule has 0 fully saturated rings. The van der Waals surface area contributed by atoms with Gasteiger partial charge in [-0.25, -0.2) is 28.2 Å². The Hall–Kier alpha value is -4.48. The Bertz CT molecular complexity index is 1490. The zero-order valence-corrected chi connectivity index (χ0v) is 17.5. The zero-order valence-electron chi connectivity index (χ0n) is 17.5. The lowest BCUT2D eigenvalue weighted by Crippen LogP contribution is -2.40. The predicted octanol–water partition coefficient (Wildman–Crippen LogP) is 3.23. The molecule has 6 heterocycles. The average molecular weight is 462 g/mol. The van der Waals surface area contributed by atoms with Crippen LogP contribution >= 0.6 is 0 Å². The van der Waals surface area contributed by atoms with E-state index in [0.717, 1.165) is 5.69 Å². The van der Waals surface area contributed by atoms with Gasteiger partial charge in [-0.3, -0.25) is 9.78 Å². The van der Waals surface area contributed by atoms with Crippen molar-refractivity contribution in [3.63, 3.8) is 0 Å². The summed E-state index contributed by atoms with van der Waals surface area (Å²) in [5.74, 6) is -0.242. The molecule has 10 nitrogen and oxygen atoms in total. The maximum absolute atomic E-state index is 13.6. The van der Waals surface area contributed by atoms with E-state index >= 15 is 0 Å². The van der Waals surface area contributed by atoms with E-state index < -0.39 is 18.4 Å². The van der Waals surface area contributed by atoms with Gasteiger partial charge in [0, 0.05) is 42.8 Å². The molecule has 0 radical (unpaired) electrons. The van der Waals surface area contributed by atoms with Crippen LogP contribution in [0.4, 0.5) is 8.78 Å². The van der Waals surface area contributed by atoms with Crippen molar-refractivity contribution in [3.05, 3.63) is 83.9 Å². The molecule has 0 saturated carbocycles. The summed E-state index contributed by atoms with van der Waals surface area (Å²) in [5.41, 5.74) is 2.41. The number of hydrogen-bond donors (Lipinski definition) is 1. The number of nitrogens with one attached hydrogen (secondary N) is 1. The number of H-pyrrole nitrogens is 1. The summed E-state index contributed by atoms with van der Waals surface area (Å²) in [6, 6.07) is 3.75. The smallest absolute Gasteiger partial charge is 0.292 e. The summed E-state index contributed by atoms with van der Waals surface area (Å²) >= 11 is 0. The molecule has 34 heavy (non-hydrogen) atoms. The highest BCUT2D eigenvalue weighted by atomic mass is 19.3. The molecule has 1 unspecified atom stereocenters. The lowest BCUT2D eigenvalue weighted by Gasteiger charge is -2.33. The molecule has 1 aliphatic rings. The van der Waals surface area contributed by atoms with E-state index in [-0.39, 0.29) is 22.7 Å². The van der Waals surface area contributed by atoms with Crippen molar-refractivity contribution in [2.24, 2.45) is 0 Å². The van der Waals surface area contributed by atoms with Crippen LogP contribution in [0.5, 0.6) is 0 Å². The van der Waals surface area contributed by atoms with Gasteiger partial charge >= 0.3 is 0 Å². The molecule has 1 N–H and O–H groups in total. The van der Waals surface area contributed by atoms with Gasteiger partial charge in [0.05, 0.1) is 35.6 Å². The molecule has 1 atom stereocenters. The maximum atomic E-state index is 13.6. The standard InChI is InChI=1S/C22H16F2N8O2/c23-20(24)12-2-1-6-32-16(12)8-14(30-32)19-18-13(28-11-29-18)3-7-31(19)22(33)17-10-27-21(34-17)15-9-25-4-5-26-15/h1-2,4-6,8-11,19-20H,3,7H2,(H,28,29). The van der Waals surface area contributed by atoms with E-state index in [2.05, 4.69) is 30.0 Å². The third-order valence-electron chi connectivity index (χ3n) is 5.75. The Morgan fingerprint density at radius 1 is 1.21 bits per heavy atom. The lowest BCUT2D eigenvalue weighted by atomic mass is 9.99. The first-order chi connectivity index (χ1) is 16.6. The van der Waals surface area contributed by atoms with E-state index in [1.807, 2.05) is 0 Å². The van der Waals surface area contributed by atoms with Crippen LogP contribution in [0.15, 0.2) is 59.9 Å². The number of rotatable bonds is 4. The van der Waals surface area contributed by atoms with Gasteiger partial charge < -0.3 is 14.3 Å². The predicted molar refractivity (Wildman–Crippen MR) is 113 cm³/mol. The van der Waals surface area contributed by atoms with Crippen molar-refractivity contribution >= 4 is 11.4 Å². The molecule has 0 spiro atoms. The zero-order chi connectivity index (χ0) is 23.2. The second-order valence-corrected chi connectivity index (χ2v) is 7.70. The highest BCUT2D eigenvalue weighted by molar-refractivity contribution is 5.92. The summed E-state index contributed by atoms with van der Waals surface area (Å²) in [6.45, 7) is 0.343. The molecule has 0 bridgehead atoms. The summed E-state index contributed by atoms with van der Waals surface area (Å²) in [6.07, 6.45) is 6.86. The summed E-state index contributed by atoms with van der Waals surface area (Å²) in [5, 5.41) is 4.51. The number of hydrogen-bond acceptors (Lipinski definition) is 7. The number of amides is 1. The van der Waals surface area contributed by atoms with Crippen LogP contribution in [0.25, 0.3) is 17.1 Å². The monoisotopic (exact) mass is 462 g/mol. The fourth-order valence-electron chi connectivity index (χ4n) is 4.21. The number of oxazole rings is 1. The topological polar surface area (TPSA) is 118 Å². The van der Waals surface area contributed by atoms with Gasteiger partial charge in [0.15, 0.2) is 0 Å². The first-order valence-electron chi connectivity index (χ1n) is 10.4. The number of aromatic nitrogens is 7. The molecule has 0 aliphatic carbocycles. The van der Waals surface area contributed by atoms with Crippen molar-refractivity contribution in [1.29, 1.82) is 0 Å². The molecule has 1 aliphatic heterocycles. The maximum Gasteiger partial charge on any atom is 0.292 e. The Kier molecular flexibility index (Phi) is 4.64. The first kappa shape index (κ1) is 20.1. The van der Waals surface area contributed by atoms with Crippen molar-refractivity contribution in [2.45, 2.75) is 18.9 Å². The molecule has 0 saturated heterocycles. The third kappa shape index (κ3) is 3.22. The highest BCUT2D eigenvalue weighted by Crippen LogP contribution is 2.35. The number of fused-ring (bicyclic) bond motifs is 2. The molecular formula is C22H16F2N8O2. The number of halogens is 2. The number of carbonyl (C=O) groups excluding carboxylic acids is 1. The summed E-state index contributed by atoms with van der Waals surface area (Å²) in [4.78, 5) is 34.9. The molecule has 12 heteroatoms. The normalized spacial score (nSPS) is 15.7. The minimum atomic E-state index is -2.66. The molecule has 0 aromatic carbocycles. The second-order valence-electron chi connectivity index (χ2n) is 7.70. The van der Waals surface area contributed by atoms with Gasteiger partial charge in [-0.05, 0) is 18.2 Å². The van der Waals surface area contributed by atoms with Crippen molar-refractivity contribution in [1.82, 2.24) is 39.4 Å². The second kappa shape index (κ2) is 7.83. The SMILES string of the molecule is O=C(c1cnc(-c2cnccn2)o1)N1CCc2[nH]cnc2C1c1cc2c(C(F)F)cccn2n1. The number of nitrogens with zero attached hydrogens (tertiary/aromatic N) is 7. The van der Waals surface area contributed by atoms with Gasteiger partial charge in [0.25, 0.3) is 12.3 Å². The Morgan fingerprint density at radius 2 is 2.12 bits per heavy atom. The number of alkyl halides is 2. The van der Waals surface area contributed by atoms with Crippen LogP contribution in [-0.2, 0) is 6.42 Å². The fourth-order valence-corrected chi connectivity index (χ4v) is 4.21. The van der Waals surface area contributed by atoms with Crippen LogP contribution in [0, 0.1) is 0 Å². The van der Waals surface area contributed by atoms with E-state index in [1.54, 1.807) is 23.5 Å². The van der Waals surface area contributed by atoms with Gasteiger partial charge in [-0.15, -0.1) is 0 Å². The highest BCUT2D eigenvalue weighted by Gasteiger charge is 2.37. The summed E-state index contributed by atoms with van der Waals surface area (Å²) in [7, 11) is 0. The number of imidazole rings is 1. The Labute approximate surface area is 190 Å². The van der Waals surface area contributed by atoms with Gasteiger partial charge in [-0.2, -0.15) is 5.10 Å². The van der Waals surface area contributed by atoms with Crippen LogP contribution < -0.4 is 0 Å². The molecule has 5 aromatic heterocycles. The van der Waals surface area contributed by atoms with E-state index in [1.165, 1.54) is 41.4 Å². The molecule has 6 rings (SSSR count). The van der Waals surface area contributed by atoms with Crippen LogP contribution in [-0.4, -0.2) is 51.9 Å². The molecular weight excluding hydrogens is 446 g/mol. The minimum Gasteiger partial charge on any atom is -0.429 e. The van der Waals surface area contributed by atoms with Crippen LogP contribution in [0.1, 0.15) is 45.7 Å². The Morgan fingerprint density at radius 3 is 2.94 bits per heavy atom. The van der Waals surface area contributed by atoms with E-state index in [4.69, 9.17) is 4.42 Å². The largest absolute Gasteiger partial charge is 0.429 e. The lowest BCUT2D eigenvalue weighted by molar-refractivity contribution is 0.0655. The third-order valence-corrected chi connectivity index (χ3v) is 5.75. The molecule has 5 aromatic rings. The van der Waals surface area contributed by atoms with Crippen molar-refractivity contribution in [3.8, 4) is 11.6 Å². The quantitative estimate of drug-likeness (QED) is 0.436. The van der Waals surface area contributed by atoms with Gasteiger partial charge in [0.1, 0.15) is 11.7 Å². The molecule has 170 valence electrons. The van der Waals surface area contributed by atoms with E-state index in [9.17, 15) is 13.6 Å². The Balaban J connectivity index is 1.42. The van der Waals surface area contributed by atoms with Crippen LogP contribution in [0.3, 0.4) is 0 Å². The van der Waals surface area contributed by atoms with Gasteiger partial charge in [0.2, 0.25) is 11.7 Å². The first-order valence-corrected chi connectivity index (χ1v) is 10.4. The van der Waals surface area contributed by atoms with E-state index in [0.29, 0.717) is 30.0 Å². The number of carbonyl (C=O) groups is 1. The number of aromatic amines is 1. The van der Waals surface area contributed by atoms with Crippen LogP contribution in [0.2, 0.25) is 0 Å². The number of pyridine rings is 1. The van der Waals surface area contributed by atoms with Crippen molar-refractivity contribution in [2.75, 3.05) is 6.54 Å². The fraction of sp³-hybridized carbons (Fsp3) is 0.182. The molecule has 1 amide bonds. The van der Waals surface area contributed by atoms with Crippen molar-refractivity contribution < 1.29 is 18.0 Å². The van der Waals surface area contributed by atoms with Gasteiger partial charge in [-0.1, -0.05) is 0 Å². The minimum absolute atomic E-state index is 0.0154. The summed E-state index contributed by atoms with van der Waals surface area (Å²) < 4.78 is 34.2.